The Bertz CT molecular complexity index is 947. The van der Waals surface area contributed by atoms with Crippen LogP contribution < -0.4 is 5.32 Å². The summed E-state index contributed by atoms with van der Waals surface area (Å²) in [5, 5.41) is 2.40. The van der Waals surface area contributed by atoms with Crippen molar-refractivity contribution < 1.29 is 22.7 Å². The molecule has 0 aliphatic heterocycles. The van der Waals surface area contributed by atoms with Crippen molar-refractivity contribution in [3.8, 4) is 0 Å². The molecule has 1 aromatic carbocycles. The number of fused-ring (bicyclic) bond motifs is 1. The van der Waals surface area contributed by atoms with Crippen LogP contribution in [0.3, 0.4) is 0 Å². The topological polar surface area (TPSA) is 111 Å². The molecule has 2 rings (SSSR count). The van der Waals surface area contributed by atoms with Crippen LogP contribution in [0.4, 0.5) is 5.95 Å². The molecular weight excluding hydrogens is 360 g/mol. The molecule has 0 spiro atoms. The molecule has 0 atom stereocenters. The SMILES string of the molecule is CC(=O)Nc1nc2c(C(=O)OCC(C)C)cccc2n1S(=O)(=O)N(C)C. The van der Waals surface area contributed by atoms with Gasteiger partial charge in [-0.2, -0.15) is 16.7 Å². The second-order valence-corrected chi connectivity index (χ2v) is 8.33. The van der Waals surface area contributed by atoms with E-state index in [2.05, 4.69) is 10.3 Å². The number of benzene rings is 1. The molecule has 10 heteroatoms. The van der Waals surface area contributed by atoms with Gasteiger partial charge in [-0.25, -0.2) is 9.78 Å². The molecule has 9 nitrogen and oxygen atoms in total. The van der Waals surface area contributed by atoms with Crippen molar-refractivity contribution >= 4 is 39.1 Å². The Morgan fingerprint density at radius 3 is 2.50 bits per heavy atom. The van der Waals surface area contributed by atoms with Crippen LogP contribution in [0.15, 0.2) is 18.2 Å². The largest absolute Gasteiger partial charge is 0.462 e. The van der Waals surface area contributed by atoms with Crippen molar-refractivity contribution in [3.63, 3.8) is 0 Å². The lowest BCUT2D eigenvalue weighted by Gasteiger charge is -2.15. The van der Waals surface area contributed by atoms with Crippen molar-refractivity contribution in [2.75, 3.05) is 26.0 Å². The lowest BCUT2D eigenvalue weighted by molar-refractivity contribution is -0.114. The summed E-state index contributed by atoms with van der Waals surface area (Å²) in [5.74, 6) is -1.13. The molecule has 0 aliphatic carbocycles. The molecule has 0 radical (unpaired) electrons. The van der Waals surface area contributed by atoms with E-state index in [1.54, 1.807) is 0 Å². The van der Waals surface area contributed by atoms with Crippen LogP contribution in [-0.4, -0.2) is 54.3 Å². The number of carbonyl (C=O) groups is 2. The third-order valence-electron chi connectivity index (χ3n) is 3.39. The first-order valence-electron chi connectivity index (χ1n) is 7.95. The summed E-state index contributed by atoms with van der Waals surface area (Å²) in [4.78, 5) is 28.0. The van der Waals surface area contributed by atoms with Crippen LogP contribution in [0.2, 0.25) is 0 Å². The number of amides is 1. The fourth-order valence-electron chi connectivity index (χ4n) is 2.20. The zero-order chi connectivity index (χ0) is 19.6. The van der Waals surface area contributed by atoms with Crippen molar-refractivity contribution in [1.82, 2.24) is 13.3 Å². The zero-order valence-corrected chi connectivity index (χ0v) is 16.1. The highest BCUT2D eigenvalue weighted by atomic mass is 32.2. The van der Waals surface area contributed by atoms with Gasteiger partial charge < -0.3 is 4.74 Å². The van der Waals surface area contributed by atoms with Crippen molar-refractivity contribution in [3.05, 3.63) is 23.8 Å². The van der Waals surface area contributed by atoms with Gasteiger partial charge in [-0.15, -0.1) is 0 Å². The molecular formula is C16H22N4O5S. The van der Waals surface area contributed by atoms with Gasteiger partial charge in [-0.05, 0) is 18.1 Å². The third-order valence-corrected chi connectivity index (χ3v) is 5.15. The standard InChI is InChI=1S/C16H22N4O5S/c1-10(2)9-25-15(22)12-7-6-8-13-14(12)18-16(17-11(3)21)20(13)26(23,24)19(4)5/h6-8,10H,9H2,1-5H3,(H,17,18,21). The van der Waals surface area contributed by atoms with Crippen LogP contribution in [0, 0.1) is 5.92 Å². The van der Waals surface area contributed by atoms with Gasteiger partial charge >= 0.3 is 16.2 Å². The molecule has 0 saturated carbocycles. The number of nitrogens with zero attached hydrogens (tertiary/aromatic N) is 3. The first-order valence-corrected chi connectivity index (χ1v) is 9.34. The molecule has 1 aromatic heterocycles. The zero-order valence-electron chi connectivity index (χ0n) is 15.3. The number of nitrogens with one attached hydrogen (secondary N) is 1. The molecule has 0 bridgehead atoms. The third kappa shape index (κ3) is 3.86. The number of aromatic nitrogens is 2. The first-order chi connectivity index (χ1) is 12.1. The summed E-state index contributed by atoms with van der Waals surface area (Å²) < 4.78 is 32.5. The summed E-state index contributed by atoms with van der Waals surface area (Å²) in [6.45, 7) is 5.27. The van der Waals surface area contributed by atoms with Gasteiger partial charge in [0.25, 0.3) is 0 Å². The molecule has 1 amide bonds. The van der Waals surface area contributed by atoms with E-state index < -0.39 is 22.1 Å². The van der Waals surface area contributed by atoms with E-state index in [0.717, 1.165) is 8.28 Å². The minimum absolute atomic E-state index is 0.127. The molecule has 0 unspecified atom stereocenters. The highest BCUT2D eigenvalue weighted by molar-refractivity contribution is 7.87. The maximum absolute atomic E-state index is 12.7. The number of esters is 1. The Labute approximate surface area is 152 Å². The monoisotopic (exact) mass is 382 g/mol. The normalized spacial score (nSPS) is 12.0. The van der Waals surface area contributed by atoms with Gasteiger partial charge in [0.05, 0.1) is 17.7 Å². The number of imidazole rings is 1. The predicted molar refractivity (Wildman–Crippen MR) is 97.2 cm³/mol. The van der Waals surface area contributed by atoms with Gasteiger partial charge in [-0.1, -0.05) is 19.9 Å². The number of hydrogen-bond acceptors (Lipinski definition) is 6. The summed E-state index contributed by atoms with van der Waals surface area (Å²) >= 11 is 0. The Morgan fingerprint density at radius 1 is 1.31 bits per heavy atom. The van der Waals surface area contributed by atoms with E-state index in [-0.39, 0.29) is 35.1 Å². The number of ether oxygens (including phenoxy) is 1. The Hall–Kier alpha value is -2.46. The van der Waals surface area contributed by atoms with E-state index in [0.29, 0.717) is 0 Å². The summed E-state index contributed by atoms with van der Waals surface area (Å²) in [5.41, 5.74) is 0.430. The fraction of sp³-hybridized carbons (Fsp3) is 0.438. The highest BCUT2D eigenvalue weighted by Gasteiger charge is 2.27. The van der Waals surface area contributed by atoms with E-state index in [4.69, 9.17) is 4.74 Å². The van der Waals surface area contributed by atoms with Crippen molar-refractivity contribution in [2.45, 2.75) is 20.8 Å². The summed E-state index contributed by atoms with van der Waals surface area (Å²) in [6.07, 6.45) is 0. The average Bonchev–Trinajstić information content (AvgIpc) is 2.89. The Morgan fingerprint density at radius 2 is 1.96 bits per heavy atom. The number of para-hydroxylation sites is 1. The van der Waals surface area contributed by atoms with E-state index in [9.17, 15) is 18.0 Å². The van der Waals surface area contributed by atoms with Crippen LogP contribution in [0.1, 0.15) is 31.1 Å². The van der Waals surface area contributed by atoms with Gasteiger partial charge in [0.2, 0.25) is 11.9 Å². The lowest BCUT2D eigenvalue weighted by atomic mass is 10.2. The van der Waals surface area contributed by atoms with Gasteiger partial charge in [0, 0.05) is 21.0 Å². The second kappa shape index (κ2) is 7.42. The molecule has 0 aliphatic rings. The molecule has 0 saturated heterocycles. The smallest absolute Gasteiger partial charge is 0.340 e. The Kier molecular flexibility index (Phi) is 5.67. The van der Waals surface area contributed by atoms with E-state index in [1.165, 1.54) is 39.2 Å². The molecule has 1 N–H and O–H groups in total. The molecule has 26 heavy (non-hydrogen) atoms. The number of carbonyl (C=O) groups excluding carboxylic acids is 2. The van der Waals surface area contributed by atoms with Crippen LogP contribution in [0.25, 0.3) is 11.0 Å². The minimum Gasteiger partial charge on any atom is -0.462 e. The quantitative estimate of drug-likeness (QED) is 0.757. The molecule has 0 fully saturated rings. The van der Waals surface area contributed by atoms with Gasteiger partial charge in [0.1, 0.15) is 5.52 Å². The van der Waals surface area contributed by atoms with Gasteiger partial charge in [0.15, 0.2) is 0 Å². The lowest BCUT2D eigenvalue weighted by Crippen LogP contribution is -2.30. The summed E-state index contributed by atoms with van der Waals surface area (Å²) in [7, 11) is -1.26. The fourth-order valence-corrected chi connectivity index (χ4v) is 3.22. The van der Waals surface area contributed by atoms with E-state index >= 15 is 0 Å². The van der Waals surface area contributed by atoms with Crippen LogP contribution in [-0.2, 0) is 19.7 Å². The minimum atomic E-state index is -3.98. The van der Waals surface area contributed by atoms with Crippen LogP contribution in [0.5, 0.6) is 0 Å². The second-order valence-electron chi connectivity index (χ2n) is 6.34. The Balaban J connectivity index is 2.69. The molecule has 1 heterocycles. The molecule has 142 valence electrons. The van der Waals surface area contributed by atoms with Crippen molar-refractivity contribution in [2.24, 2.45) is 5.92 Å². The predicted octanol–water partition coefficient (Wildman–Crippen LogP) is 1.46. The van der Waals surface area contributed by atoms with Gasteiger partial charge in [-0.3, -0.25) is 10.1 Å². The van der Waals surface area contributed by atoms with Crippen molar-refractivity contribution in [1.29, 1.82) is 0 Å². The molecule has 2 aromatic rings. The maximum atomic E-state index is 12.7. The first kappa shape index (κ1) is 19.9. The number of hydrogen-bond donors (Lipinski definition) is 1. The van der Waals surface area contributed by atoms with E-state index in [1.807, 2.05) is 13.8 Å². The summed E-state index contributed by atoms with van der Waals surface area (Å²) in [6, 6.07) is 4.55. The highest BCUT2D eigenvalue weighted by Crippen LogP contribution is 2.26. The van der Waals surface area contributed by atoms with Crippen LogP contribution >= 0.6 is 0 Å². The average molecular weight is 382 g/mol. The number of rotatable bonds is 6. The number of anilines is 1. The maximum Gasteiger partial charge on any atom is 0.340 e.